The minimum atomic E-state index is -0.105. The maximum Gasteiger partial charge on any atom is 0.315 e. The summed E-state index contributed by atoms with van der Waals surface area (Å²) in [6.07, 6.45) is 23.3. The predicted molar refractivity (Wildman–Crippen MR) is 465 cm³/mol. The van der Waals surface area contributed by atoms with Gasteiger partial charge in [0.25, 0.3) is 0 Å². The molecule has 664 valence electrons. The van der Waals surface area contributed by atoms with Crippen LogP contribution in [0.1, 0.15) is 195 Å². The highest BCUT2D eigenvalue weighted by Crippen LogP contribution is 2.40. The number of benzene rings is 3. The van der Waals surface area contributed by atoms with Crippen LogP contribution >= 0.6 is 0 Å². The Kier molecular flexibility index (Phi) is 37.1. The van der Waals surface area contributed by atoms with Gasteiger partial charge in [0.2, 0.25) is 0 Å². The van der Waals surface area contributed by atoms with Gasteiger partial charge in [0.05, 0.1) is 13.2 Å². The number of nitrogens with one attached hydrogen (secondary N) is 10. The van der Waals surface area contributed by atoms with E-state index in [9.17, 15) is 24.0 Å². The number of rotatable bonds is 30. The standard InChI is InChI=1S/C20H29N5O.C19H27N5O2.C18H25N5O2.C16H27N5O2.C15H25N5O2/c1-15-9-6-7-12-17(15)22-20(26)21-14-8-13-18-23-24-19(25(18)2)16-10-4-3-5-11-16;1-14-13-26-12-10-16(14)21-19(25)20-11-6-9-17-22-23-18(24(17)2)15-7-4-3-5-8-15;1-23-16(21-22-17(23)14-6-3-2-4-7-14)8-5-11-19-18(24)20-15-9-12-25-13-10-15;1-11-10-23-9-7-13(11)18-16(22)17-8-3-4-14-19-20-15(21(14)2)12-5-6-12;1-20-13(18-19-14(20)11-4-5-11)3-2-8-16-15(21)17-12-6-9-22-10-7-12/h3-5,10-11,15,17H,6-9,12-14H2,1-2H3,(H2,21,22,26);3-5,7-8,14,16H,6,9-13H2,1-2H3,(H2,20,21,25);2-4,6-7,15H,5,8-13H2,1H3,(H2,19,20,24);11-13H,3-10H2,1-2H3,(H2,17,18,22);11-12H,2-10H2,1H3,(H2,16,17,21). The molecule has 7 aliphatic rings. The minimum Gasteiger partial charge on any atom is -0.381 e. The van der Waals surface area contributed by atoms with Crippen LogP contribution < -0.4 is 53.2 Å². The van der Waals surface area contributed by atoms with Gasteiger partial charge in [-0.2, -0.15) is 0 Å². The molecular formula is C88H133N25O9. The zero-order valence-electron chi connectivity index (χ0n) is 73.0. The topological polar surface area (TPSA) is 396 Å². The van der Waals surface area contributed by atoms with Crippen molar-refractivity contribution in [2.45, 2.75) is 217 Å². The van der Waals surface area contributed by atoms with E-state index in [1.54, 1.807) is 0 Å². The lowest BCUT2D eigenvalue weighted by atomic mass is 9.86. The van der Waals surface area contributed by atoms with Crippen molar-refractivity contribution in [3.8, 4) is 34.2 Å². The van der Waals surface area contributed by atoms with Crippen molar-refractivity contribution < 1.29 is 42.9 Å². The van der Waals surface area contributed by atoms with Crippen LogP contribution in [-0.2, 0) is 86.3 Å². The first-order valence-corrected chi connectivity index (χ1v) is 44.5. The van der Waals surface area contributed by atoms with Gasteiger partial charge in [-0.3, -0.25) is 0 Å². The van der Waals surface area contributed by atoms with E-state index in [1.807, 2.05) is 140 Å². The number of carbonyl (C=O) groups excluding carboxylic acids is 5. The van der Waals surface area contributed by atoms with E-state index in [1.165, 1.54) is 44.9 Å². The zero-order chi connectivity index (χ0) is 85.8. The number of aryl methyl sites for hydroxylation is 5. The van der Waals surface area contributed by atoms with Crippen LogP contribution in [-0.4, -0.2) is 220 Å². The SMILES string of the molecule is CC1CCCCC1NC(=O)NCCCc1nnc(-c2ccccc2)n1C.CC1COCCC1NC(=O)NCCCc1nnc(-c2ccccc2)n1C.CC1COCCC1NC(=O)NCCCc1nnc(C2CC2)n1C.Cn1c(CCCNC(=O)NC2CCOCC2)nnc1-c1ccccc1.Cn1c(CCCNC(=O)NC2CCOCC2)nnc1C1CC1. The monoisotopic (exact) mass is 1680 g/mol. The van der Waals surface area contributed by atoms with E-state index in [2.05, 4.69) is 134 Å². The molecule has 0 spiro atoms. The van der Waals surface area contributed by atoms with Gasteiger partial charge < -0.3 is 95.0 Å². The van der Waals surface area contributed by atoms with Gasteiger partial charge in [0.15, 0.2) is 17.5 Å². The Morgan fingerprint density at radius 3 is 0.893 bits per heavy atom. The summed E-state index contributed by atoms with van der Waals surface area (Å²) < 4.78 is 31.6. The molecule has 0 bridgehead atoms. The van der Waals surface area contributed by atoms with Crippen LogP contribution in [0.25, 0.3) is 34.2 Å². The Morgan fingerprint density at radius 1 is 0.311 bits per heavy atom. The summed E-state index contributed by atoms with van der Waals surface area (Å²) in [5, 5.41) is 72.6. The summed E-state index contributed by atoms with van der Waals surface area (Å²) in [6.45, 7) is 15.4. The highest BCUT2D eigenvalue weighted by Gasteiger charge is 2.32. The lowest BCUT2D eigenvalue weighted by Gasteiger charge is -2.29. The Morgan fingerprint density at radius 2 is 0.590 bits per heavy atom. The second-order valence-electron chi connectivity index (χ2n) is 33.3. The van der Waals surface area contributed by atoms with Gasteiger partial charge in [-0.1, -0.05) is 125 Å². The largest absolute Gasteiger partial charge is 0.381 e. The third-order valence-electron chi connectivity index (χ3n) is 23.6. The number of amides is 10. The number of hydrogen-bond donors (Lipinski definition) is 10. The number of carbonyl (C=O) groups is 5. The molecule has 9 heterocycles. The van der Waals surface area contributed by atoms with Crippen molar-refractivity contribution in [3.63, 3.8) is 0 Å². The molecule has 10 N–H and O–H groups in total. The maximum atomic E-state index is 12.1. The number of aromatic nitrogens is 15. The van der Waals surface area contributed by atoms with Crippen LogP contribution in [0, 0.1) is 17.8 Å². The summed E-state index contributed by atoms with van der Waals surface area (Å²) in [4.78, 5) is 59.7. The van der Waals surface area contributed by atoms with Gasteiger partial charge in [0, 0.05) is 198 Å². The van der Waals surface area contributed by atoms with Gasteiger partial charge in [0.1, 0.15) is 40.8 Å². The van der Waals surface area contributed by atoms with E-state index in [-0.39, 0.29) is 54.3 Å². The third-order valence-corrected chi connectivity index (χ3v) is 23.6. The first-order chi connectivity index (χ1) is 59.4. The van der Waals surface area contributed by atoms with Gasteiger partial charge in [-0.15, -0.1) is 51.0 Å². The lowest BCUT2D eigenvalue weighted by molar-refractivity contribution is 0.0417. The normalized spacial score (nSPS) is 19.6. The number of nitrogens with zero attached hydrogens (tertiary/aromatic N) is 15. The van der Waals surface area contributed by atoms with Gasteiger partial charge >= 0.3 is 30.2 Å². The average Bonchev–Trinajstić information content (AvgIpc) is 1.66. The van der Waals surface area contributed by atoms with Crippen LogP contribution in [0.5, 0.6) is 0 Å². The second kappa shape index (κ2) is 49.0. The molecule has 3 saturated carbocycles. The maximum absolute atomic E-state index is 12.1. The van der Waals surface area contributed by atoms with Crippen LogP contribution in [0.15, 0.2) is 91.0 Å². The molecule has 3 aliphatic carbocycles. The van der Waals surface area contributed by atoms with Crippen molar-refractivity contribution in [2.75, 3.05) is 85.6 Å². The van der Waals surface area contributed by atoms with Crippen LogP contribution in [0.2, 0.25) is 0 Å². The molecule has 10 amide bonds. The quantitative estimate of drug-likeness (QED) is 0.0187. The molecule has 4 saturated heterocycles. The number of ether oxygens (including phenoxy) is 4. The average molecular weight is 1690 g/mol. The lowest BCUT2D eigenvalue weighted by Crippen LogP contribution is -2.48. The smallest absolute Gasteiger partial charge is 0.315 e. The molecular weight excluding hydrogens is 1550 g/mol. The molecule has 122 heavy (non-hydrogen) atoms. The summed E-state index contributed by atoms with van der Waals surface area (Å²) in [5.74, 6) is 12.1. The van der Waals surface area contributed by atoms with Crippen molar-refractivity contribution in [3.05, 3.63) is 132 Å². The molecule has 6 unspecified atom stereocenters. The van der Waals surface area contributed by atoms with Gasteiger partial charge in [-0.25, -0.2) is 24.0 Å². The third kappa shape index (κ3) is 29.7. The summed E-state index contributed by atoms with van der Waals surface area (Å²) in [6, 6.07) is 30.9. The molecule has 3 aromatic carbocycles. The number of urea groups is 5. The molecule has 5 aromatic heterocycles. The van der Waals surface area contributed by atoms with E-state index in [4.69, 9.17) is 18.9 Å². The fourth-order valence-electron chi connectivity index (χ4n) is 15.6. The van der Waals surface area contributed by atoms with Crippen LogP contribution in [0.3, 0.4) is 0 Å². The number of hydrogen-bond acceptors (Lipinski definition) is 19. The summed E-state index contributed by atoms with van der Waals surface area (Å²) >= 11 is 0. The molecule has 34 nitrogen and oxygen atoms in total. The highest BCUT2D eigenvalue weighted by atomic mass is 16.5. The van der Waals surface area contributed by atoms with Crippen molar-refractivity contribution in [2.24, 2.45) is 53.0 Å². The Labute approximate surface area is 718 Å². The molecule has 34 heteroatoms. The first kappa shape index (κ1) is 92.3. The molecule has 15 rings (SSSR count). The molecule has 0 radical (unpaired) electrons. The second-order valence-corrected chi connectivity index (χ2v) is 33.3. The fourth-order valence-corrected chi connectivity index (χ4v) is 15.6. The zero-order valence-corrected chi connectivity index (χ0v) is 73.0. The van der Waals surface area contributed by atoms with E-state index in [0.717, 1.165) is 224 Å². The first-order valence-electron chi connectivity index (χ1n) is 44.5. The molecule has 7 fully saturated rings. The molecule has 8 aromatic rings. The Bertz CT molecular complexity index is 4320. The predicted octanol–water partition coefficient (Wildman–Crippen LogP) is 9.78. The van der Waals surface area contributed by atoms with Crippen molar-refractivity contribution in [1.29, 1.82) is 0 Å². The van der Waals surface area contributed by atoms with Gasteiger partial charge in [-0.05, 0) is 127 Å². The van der Waals surface area contributed by atoms with Crippen molar-refractivity contribution in [1.82, 2.24) is 127 Å². The Hall–Kier alpha value is -10.5. The van der Waals surface area contributed by atoms with Crippen molar-refractivity contribution >= 4 is 30.2 Å². The summed E-state index contributed by atoms with van der Waals surface area (Å²) in [5.41, 5.74) is 3.17. The molecule has 6 atom stereocenters. The minimum absolute atomic E-state index is 0.0494. The fraction of sp³-hybridized carbons (Fsp3) is 0.625. The highest BCUT2D eigenvalue weighted by molar-refractivity contribution is 5.76. The van der Waals surface area contributed by atoms with Crippen LogP contribution in [0.4, 0.5) is 24.0 Å². The van der Waals surface area contributed by atoms with E-state index < -0.39 is 0 Å². The Balaban J connectivity index is 0.000000149. The van der Waals surface area contributed by atoms with E-state index in [0.29, 0.717) is 81.6 Å². The molecule has 4 aliphatic heterocycles. The van der Waals surface area contributed by atoms with E-state index >= 15 is 0 Å². The summed E-state index contributed by atoms with van der Waals surface area (Å²) in [7, 11) is 10.0.